The van der Waals surface area contributed by atoms with Crippen LogP contribution in [-0.4, -0.2) is 47.7 Å². The van der Waals surface area contributed by atoms with E-state index in [1.165, 1.54) is 4.90 Å². The second-order valence-corrected chi connectivity index (χ2v) is 9.41. The molecule has 36 heavy (non-hydrogen) atoms. The molecule has 0 spiro atoms. The Kier molecular flexibility index (Phi) is 8.53. The van der Waals surface area contributed by atoms with E-state index in [0.717, 1.165) is 37.7 Å². The number of carbonyl (C=O) groups excluding carboxylic acids is 3. The molecule has 0 saturated heterocycles. The van der Waals surface area contributed by atoms with Crippen LogP contribution in [-0.2, 0) is 20.7 Å². The van der Waals surface area contributed by atoms with Gasteiger partial charge in [0.1, 0.15) is 11.9 Å². The zero-order valence-corrected chi connectivity index (χ0v) is 20.9. The first-order valence-electron chi connectivity index (χ1n) is 12.8. The predicted octanol–water partition coefficient (Wildman–Crippen LogP) is 3.61. The third-order valence-electron chi connectivity index (χ3n) is 6.87. The topological polar surface area (TPSA) is 113 Å². The van der Waals surface area contributed by atoms with Gasteiger partial charge in [-0.1, -0.05) is 50.5 Å². The number of benzene rings is 1. The van der Waals surface area contributed by atoms with Crippen LogP contribution < -0.4 is 20.9 Å². The molecule has 0 radical (unpaired) electrons. The number of hydrogen-bond donors (Lipinski definition) is 3. The van der Waals surface area contributed by atoms with Crippen LogP contribution in [0.4, 0.5) is 16.3 Å². The number of carbonyl (C=O) groups is 3. The van der Waals surface area contributed by atoms with Gasteiger partial charge in [-0.3, -0.25) is 19.8 Å². The van der Waals surface area contributed by atoms with Gasteiger partial charge in [-0.2, -0.15) is 0 Å². The number of aromatic nitrogens is 1. The molecule has 1 aromatic carbocycles. The lowest BCUT2D eigenvalue weighted by molar-refractivity contribution is -0.131. The summed E-state index contributed by atoms with van der Waals surface area (Å²) >= 11 is 0. The molecule has 1 saturated carbocycles. The van der Waals surface area contributed by atoms with E-state index in [9.17, 15) is 14.4 Å². The number of nitrogens with one attached hydrogen (secondary N) is 3. The summed E-state index contributed by atoms with van der Waals surface area (Å²) in [6.45, 7) is 4.36. The van der Waals surface area contributed by atoms with Gasteiger partial charge in [-0.25, -0.2) is 9.78 Å². The molecule has 0 unspecified atom stereocenters. The molecule has 4 rings (SSSR count). The zero-order valence-electron chi connectivity index (χ0n) is 20.9. The Morgan fingerprint density at radius 2 is 1.83 bits per heavy atom. The van der Waals surface area contributed by atoms with E-state index in [4.69, 9.17) is 4.74 Å². The highest BCUT2D eigenvalue weighted by atomic mass is 16.6. The quantitative estimate of drug-likeness (QED) is 0.518. The van der Waals surface area contributed by atoms with Crippen molar-refractivity contribution in [2.24, 2.45) is 5.92 Å². The molecule has 2 heterocycles. The van der Waals surface area contributed by atoms with Crippen LogP contribution in [0.2, 0.25) is 0 Å². The molecule has 1 aliphatic carbocycles. The minimum absolute atomic E-state index is 0.00980. The molecular weight excluding hydrogens is 458 g/mol. The summed E-state index contributed by atoms with van der Waals surface area (Å²) in [5, 5.41) is 8.84. The number of pyridine rings is 1. The minimum atomic E-state index is -0.861. The lowest BCUT2D eigenvalue weighted by atomic mass is 9.83. The monoisotopic (exact) mass is 493 g/mol. The Hall–Kier alpha value is -3.46. The number of nitrogens with zero attached hydrogens (tertiary/aromatic N) is 2. The fourth-order valence-electron chi connectivity index (χ4n) is 5.03. The summed E-state index contributed by atoms with van der Waals surface area (Å²) in [4.78, 5) is 45.7. The molecule has 2 aromatic rings. The van der Waals surface area contributed by atoms with Crippen LogP contribution >= 0.6 is 0 Å². The summed E-state index contributed by atoms with van der Waals surface area (Å²) in [6.07, 6.45) is 5.30. The molecule has 0 bridgehead atoms. The van der Waals surface area contributed by atoms with Gasteiger partial charge in [0, 0.05) is 23.9 Å². The predicted molar refractivity (Wildman–Crippen MR) is 137 cm³/mol. The van der Waals surface area contributed by atoms with Crippen molar-refractivity contribution in [2.75, 3.05) is 16.8 Å². The van der Waals surface area contributed by atoms with Crippen molar-refractivity contribution < 1.29 is 19.1 Å². The second kappa shape index (κ2) is 12.0. The van der Waals surface area contributed by atoms with Gasteiger partial charge in [0.2, 0.25) is 5.91 Å². The summed E-state index contributed by atoms with van der Waals surface area (Å²) in [5.41, 5.74) is 1.41. The molecule has 1 aromatic heterocycles. The van der Waals surface area contributed by atoms with Gasteiger partial charge in [0.05, 0.1) is 6.04 Å². The highest BCUT2D eigenvalue weighted by Gasteiger charge is 2.43. The summed E-state index contributed by atoms with van der Waals surface area (Å²) < 4.78 is 5.75. The normalized spacial score (nSPS) is 19.2. The minimum Gasteiger partial charge on any atom is -0.424 e. The van der Waals surface area contributed by atoms with Gasteiger partial charge < -0.3 is 15.4 Å². The first kappa shape index (κ1) is 25.6. The molecule has 3 N–H and O–H groups in total. The van der Waals surface area contributed by atoms with Gasteiger partial charge in [0.15, 0.2) is 6.23 Å². The van der Waals surface area contributed by atoms with E-state index in [-0.39, 0.29) is 17.7 Å². The number of fused-ring (bicyclic) bond motifs is 1. The van der Waals surface area contributed by atoms with Crippen LogP contribution in [0.1, 0.15) is 51.5 Å². The number of anilines is 2. The third-order valence-corrected chi connectivity index (χ3v) is 6.87. The first-order chi connectivity index (χ1) is 17.5. The number of hydrogen-bond acceptors (Lipinski definition) is 6. The van der Waals surface area contributed by atoms with E-state index in [1.54, 1.807) is 31.3 Å². The smallest absolute Gasteiger partial charge is 0.413 e. The van der Waals surface area contributed by atoms with Crippen LogP contribution in [0, 0.1) is 5.92 Å². The van der Waals surface area contributed by atoms with Crippen LogP contribution in [0.3, 0.4) is 0 Å². The Balaban J connectivity index is 1.58. The lowest BCUT2D eigenvalue weighted by Gasteiger charge is -2.35. The van der Waals surface area contributed by atoms with E-state index in [2.05, 4.69) is 20.9 Å². The molecule has 192 valence electrons. The second-order valence-electron chi connectivity index (χ2n) is 9.41. The van der Waals surface area contributed by atoms with Gasteiger partial charge >= 0.3 is 6.09 Å². The van der Waals surface area contributed by atoms with Gasteiger partial charge in [0.25, 0.3) is 5.91 Å². The van der Waals surface area contributed by atoms with Crippen molar-refractivity contribution in [3.8, 4) is 0 Å². The third kappa shape index (κ3) is 6.02. The highest BCUT2D eigenvalue weighted by Crippen LogP contribution is 2.34. The number of rotatable bonds is 8. The standard InChI is InChI=1S/C27H35N5O4/c1-3-28-18(2)25(33)31-23(19-11-6-4-7-12-19)26(34)32-22(17-20-13-10-16-29-24(20)32)36-27(35)30-21-14-8-5-9-15-21/h5,8-10,13-16,18-19,22-23,28H,3-4,6-7,11-12,17H2,1-2H3,(H,30,35)(H,31,33)/t18-,22-,23-/m0/s1. The molecule has 3 amide bonds. The maximum Gasteiger partial charge on any atom is 0.413 e. The maximum atomic E-state index is 14.1. The molecule has 2 aliphatic rings. The van der Waals surface area contributed by atoms with Crippen molar-refractivity contribution in [1.82, 2.24) is 15.6 Å². The SMILES string of the molecule is CCN[C@@H](C)C(=O)N[C@H](C(=O)N1c2ncccc2C[C@@H]1OC(=O)Nc1ccccc1)C1CCCCC1. The molecular formula is C27H35N5O4. The van der Waals surface area contributed by atoms with Gasteiger partial charge in [-0.15, -0.1) is 0 Å². The number of ether oxygens (including phenoxy) is 1. The van der Waals surface area contributed by atoms with Crippen molar-refractivity contribution in [3.63, 3.8) is 0 Å². The fourth-order valence-corrected chi connectivity index (χ4v) is 5.03. The lowest BCUT2D eigenvalue weighted by Crippen LogP contribution is -2.58. The average Bonchev–Trinajstić information content (AvgIpc) is 3.25. The van der Waals surface area contributed by atoms with Crippen molar-refractivity contribution in [1.29, 1.82) is 0 Å². The number of likely N-dealkylation sites (N-methyl/N-ethyl adjacent to an activating group) is 1. The number of amides is 3. The van der Waals surface area contributed by atoms with Crippen LogP contribution in [0.25, 0.3) is 0 Å². The average molecular weight is 494 g/mol. The van der Waals surface area contributed by atoms with Crippen molar-refractivity contribution in [2.45, 2.75) is 70.7 Å². The number of para-hydroxylation sites is 1. The van der Waals surface area contributed by atoms with Gasteiger partial charge in [-0.05, 0) is 50.4 Å². The summed E-state index contributed by atoms with van der Waals surface area (Å²) in [6, 6.07) is 11.5. The molecule has 9 nitrogen and oxygen atoms in total. The summed E-state index contributed by atoms with van der Waals surface area (Å²) in [5.74, 6) is -0.0419. The molecule has 3 atom stereocenters. The zero-order chi connectivity index (χ0) is 25.5. The van der Waals surface area contributed by atoms with E-state index >= 15 is 0 Å². The van der Waals surface area contributed by atoms with Crippen molar-refractivity contribution >= 4 is 29.4 Å². The maximum absolute atomic E-state index is 14.1. The van der Waals surface area contributed by atoms with Crippen molar-refractivity contribution in [3.05, 3.63) is 54.2 Å². The Bertz CT molecular complexity index is 1060. The summed E-state index contributed by atoms with van der Waals surface area (Å²) in [7, 11) is 0. The molecule has 1 fully saturated rings. The van der Waals surface area contributed by atoms with Crippen LogP contribution in [0.5, 0.6) is 0 Å². The first-order valence-corrected chi connectivity index (χ1v) is 12.8. The van der Waals surface area contributed by atoms with E-state index in [1.807, 2.05) is 31.2 Å². The largest absolute Gasteiger partial charge is 0.424 e. The molecule has 9 heteroatoms. The van der Waals surface area contributed by atoms with Crippen LogP contribution in [0.15, 0.2) is 48.7 Å². The molecule has 1 aliphatic heterocycles. The van der Waals surface area contributed by atoms with E-state index < -0.39 is 24.4 Å². The Morgan fingerprint density at radius 3 is 2.56 bits per heavy atom. The fraction of sp³-hybridized carbons (Fsp3) is 0.481. The Morgan fingerprint density at radius 1 is 1.08 bits per heavy atom. The highest BCUT2D eigenvalue weighted by molar-refractivity contribution is 6.01. The van der Waals surface area contributed by atoms with E-state index in [0.29, 0.717) is 24.5 Å². The Labute approximate surface area is 212 Å².